The number of hydrogen-bond acceptors (Lipinski definition) is 2. The highest BCUT2D eigenvalue weighted by molar-refractivity contribution is 7.79. The van der Waals surface area contributed by atoms with Crippen molar-refractivity contribution in [2.24, 2.45) is 0 Å². The van der Waals surface area contributed by atoms with Crippen LogP contribution in [0.3, 0.4) is 0 Å². The molecule has 4 aromatic rings. The summed E-state index contributed by atoms with van der Waals surface area (Å²) in [6.45, 7) is 2.07. The Kier molecular flexibility index (Phi) is 6.51. The van der Waals surface area contributed by atoms with Gasteiger partial charge in [-0.3, -0.25) is 0 Å². The first-order chi connectivity index (χ1) is 15.1. The lowest BCUT2D eigenvalue weighted by molar-refractivity contribution is 0.162. The molecule has 0 amide bonds. The fourth-order valence-corrected chi connectivity index (χ4v) is 7.97. The van der Waals surface area contributed by atoms with Gasteiger partial charge in [0.1, 0.15) is 7.14 Å². The van der Waals surface area contributed by atoms with Crippen molar-refractivity contribution in [3.8, 4) is 0 Å². The van der Waals surface area contributed by atoms with Gasteiger partial charge in [0.25, 0.3) is 0 Å². The lowest BCUT2D eigenvalue weighted by atomic mass is 9.91. The molecule has 0 aliphatic heterocycles. The van der Waals surface area contributed by atoms with Gasteiger partial charge in [-0.1, -0.05) is 128 Å². The topological polar surface area (TPSA) is 37.3 Å². The van der Waals surface area contributed by atoms with E-state index in [0.29, 0.717) is 0 Å². The van der Waals surface area contributed by atoms with Crippen molar-refractivity contribution < 1.29 is 9.67 Å². The minimum absolute atomic E-state index is 0.136. The molecule has 0 aromatic heterocycles. The van der Waals surface area contributed by atoms with Gasteiger partial charge in [0, 0.05) is 10.6 Å². The van der Waals surface area contributed by atoms with Gasteiger partial charge in [-0.15, -0.1) is 0 Å². The first-order valence-corrected chi connectivity index (χ1v) is 12.4. The van der Waals surface area contributed by atoms with Gasteiger partial charge in [-0.2, -0.15) is 0 Å². The third-order valence-corrected chi connectivity index (χ3v) is 9.70. The maximum absolute atomic E-state index is 15.2. The zero-order valence-electron chi connectivity index (χ0n) is 17.6. The van der Waals surface area contributed by atoms with Crippen LogP contribution in [-0.2, 0) is 4.57 Å². The SMILES string of the molecule is CC(c1ccccc1)C(C(O)c1ccccc1)P(=O)(c1ccccc1)c1ccccc1. The van der Waals surface area contributed by atoms with Crippen molar-refractivity contribution in [3.05, 3.63) is 132 Å². The van der Waals surface area contributed by atoms with Crippen molar-refractivity contribution in [2.75, 3.05) is 0 Å². The predicted molar refractivity (Wildman–Crippen MR) is 130 cm³/mol. The fraction of sp³-hybridized carbons (Fsp3) is 0.143. The summed E-state index contributed by atoms with van der Waals surface area (Å²) in [7, 11) is -3.23. The minimum atomic E-state index is -3.23. The third kappa shape index (κ3) is 4.28. The van der Waals surface area contributed by atoms with Gasteiger partial charge in [0.2, 0.25) is 0 Å². The standard InChI is InChI=1S/C28H27O2P/c1-22(23-14-6-2-7-15-23)28(27(29)24-16-8-3-9-17-24)31(30,25-18-10-4-11-19-25)26-20-12-5-13-21-26/h2-22,27-29H,1H3. The lowest BCUT2D eigenvalue weighted by Crippen LogP contribution is -2.34. The number of benzene rings is 4. The highest BCUT2D eigenvalue weighted by atomic mass is 31.2. The summed E-state index contributed by atoms with van der Waals surface area (Å²) in [6.07, 6.45) is -0.886. The Bertz CT molecular complexity index is 1040. The van der Waals surface area contributed by atoms with Crippen LogP contribution in [0, 0.1) is 0 Å². The summed E-state index contributed by atoms with van der Waals surface area (Å²) in [5, 5.41) is 13.2. The van der Waals surface area contributed by atoms with Crippen molar-refractivity contribution in [3.63, 3.8) is 0 Å². The second-order valence-electron chi connectivity index (χ2n) is 7.87. The number of aliphatic hydroxyl groups excluding tert-OH is 1. The van der Waals surface area contributed by atoms with E-state index in [1.165, 1.54) is 0 Å². The Balaban J connectivity index is 1.96. The van der Waals surface area contributed by atoms with Crippen molar-refractivity contribution in [1.82, 2.24) is 0 Å². The van der Waals surface area contributed by atoms with Crippen LogP contribution in [0.25, 0.3) is 0 Å². The first kappa shape index (κ1) is 21.3. The van der Waals surface area contributed by atoms with Crippen molar-refractivity contribution in [2.45, 2.75) is 24.6 Å². The molecular formula is C28H27O2P. The van der Waals surface area contributed by atoms with Gasteiger partial charge in [0.05, 0.1) is 11.8 Å². The molecule has 156 valence electrons. The monoisotopic (exact) mass is 426 g/mol. The molecular weight excluding hydrogens is 399 g/mol. The van der Waals surface area contributed by atoms with Gasteiger partial charge in [-0.25, -0.2) is 0 Å². The fourth-order valence-electron chi connectivity index (χ4n) is 4.38. The van der Waals surface area contributed by atoms with Crippen LogP contribution in [0.1, 0.15) is 30.1 Å². The molecule has 2 nitrogen and oxygen atoms in total. The maximum Gasteiger partial charge on any atom is 0.149 e. The molecule has 3 atom stereocenters. The van der Waals surface area contributed by atoms with E-state index in [0.717, 1.165) is 21.7 Å². The van der Waals surface area contributed by atoms with E-state index in [-0.39, 0.29) is 5.92 Å². The second-order valence-corrected chi connectivity index (χ2v) is 10.8. The van der Waals surface area contributed by atoms with E-state index in [1.54, 1.807) is 0 Å². The maximum atomic E-state index is 15.2. The highest BCUT2D eigenvalue weighted by Gasteiger charge is 2.44. The molecule has 0 spiro atoms. The average Bonchev–Trinajstić information content (AvgIpc) is 2.86. The Morgan fingerprint density at radius 1 is 0.581 bits per heavy atom. The van der Waals surface area contributed by atoms with Crippen LogP contribution in [0.4, 0.5) is 0 Å². The number of rotatable bonds is 7. The van der Waals surface area contributed by atoms with Crippen LogP contribution in [0.5, 0.6) is 0 Å². The average molecular weight is 426 g/mol. The van der Waals surface area contributed by atoms with E-state index >= 15 is 4.57 Å². The zero-order valence-corrected chi connectivity index (χ0v) is 18.5. The number of hydrogen-bond donors (Lipinski definition) is 1. The number of aliphatic hydroxyl groups is 1. The highest BCUT2D eigenvalue weighted by Crippen LogP contribution is 2.57. The quantitative estimate of drug-likeness (QED) is 0.373. The zero-order chi connectivity index (χ0) is 21.7. The summed E-state index contributed by atoms with van der Waals surface area (Å²) in [6, 6.07) is 38.9. The van der Waals surface area contributed by atoms with Crippen LogP contribution in [0.2, 0.25) is 0 Å². The summed E-state index contributed by atoms with van der Waals surface area (Å²) >= 11 is 0. The molecule has 0 fully saturated rings. The molecule has 4 rings (SSSR count). The van der Waals surface area contributed by atoms with Crippen molar-refractivity contribution >= 4 is 17.8 Å². The molecule has 3 heteroatoms. The van der Waals surface area contributed by atoms with E-state index in [1.807, 2.05) is 109 Å². The van der Waals surface area contributed by atoms with Crippen LogP contribution in [-0.4, -0.2) is 10.8 Å². The Morgan fingerprint density at radius 2 is 0.935 bits per heavy atom. The smallest absolute Gasteiger partial charge is 0.149 e. The molecule has 3 unspecified atom stereocenters. The van der Waals surface area contributed by atoms with Gasteiger partial charge >= 0.3 is 0 Å². The third-order valence-electron chi connectivity index (χ3n) is 6.00. The predicted octanol–water partition coefficient (Wildman–Crippen LogP) is 5.91. The lowest BCUT2D eigenvalue weighted by Gasteiger charge is -2.36. The Hall–Kier alpha value is -2.93. The van der Waals surface area contributed by atoms with Crippen molar-refractivity contribution in [1.29, 1.82) is 0 Å². The summed E-state index contributed by atoms with van der Waals surface area (Å²) in [5.41, 5.74) is 1.32. The van der Waals surface area contributed by atoms with E-state index in [4.69, 9.17) is 0 Å². The van der Waals surface area contributed by atoms with Gasteiger partial charge < -0.3 is 9.67 Å². The molecule has 0 radical (unpaired) electrons. The molecule has 0 bridgehead atoms. The Morgan fingerprint density at radius 3 is 1.35 bits per heavy atom. The largest absolute Gasteiger partial charge is 0.388 e. The molecule has 0 saturated heterocycles. The summed E-state index contributed by atoms with van der Waals surface area (Å²) in [4.78, 5) is 0. The Labute approximate surface area is 184 Å². The molecule has 4 aromatic carbocycles. The normalized spacial score (nSPS) is 14.5. The summed E-state index contributed by atoms with van der Waals surface area (Å²) in [5.74, 6) is -0.136. The molecule has 0 heterocycles. The van der Waals surface area contributed by atoms with Gasteiger partial charge in [-0.05, 0) is 17.0 Å². The van der Waals surface area contributed by atoms with Crippen LogP contribution in [0.15, 0.2) is 121 Å². The molecule has 0 saturated carbocycles. The van der Waals surface area contributed by atoms with E-state index < -0.39 is 18.9 Å². The second kappa shape index (κ2) is 9.47. The van der Waals surface area contributed by atoms with Gasteiger partial charge in [0.15, 0.2) is 0 Å². The molecule has 0 aliphatic carbocycles. The molecule has 1 N–H and O–H groups in total. The first-order valence-electron chi connectivity index (χ1n) is 10.6. The minimum Gasteiger partial charge on any atom is -0.388 e. The van der Waals surface area contributed by atoms with Crippen LogP contribution >= 0.6 is 7.14 Å². The molecule has 0 aliphatic rings. The summed E-state index contributed by atoms with van der Waals surface area (Å²) < 4.78 is 15.2. The van der Waals surface area contributed by atoms with Crippen LogP contribution < -0.4 is 10.6 Å². The van der Waals surface area contributed by atoms with E-state index in [9.17, 15) is 5.11 Å². The van der Waals surface area contributed by atoms with E-state index in [2.05, 4.69) is 19.1 Å². The molecule has 31 heavy (non-hydrogen) atoms.